The number of non-ortho nitro benzene ring substituents is 1. The van der Waals surface area contributed by atoms with Crippen molar-refractivity contribution in [1.29, 1.82) is 0 Å². The van der Waals surface area contributed by atoms with Gasteiger partial charge in [-0.05, 0) is 18.6 Å². The summed E-state index contributed by atoms with van der Waals surface area (Å²) in [5.74, 6) is 0. The average Bonchev–Trinajstić information content (AvgIpc) is 2.33. The maximum Gasteiger partial charge on any atom is 0.270 e. The van der Waals surface area contributed by atoms with E-state index in [0.29, 0.717) is 16.9 Å². The largest absolute Gasteiger partial charge is 0.397 e. The summed E-state index contributed by atoms with van der Waals surface area (Å²) in [6, 6.07) is 8.09. The zero-order valence-electron chi connectivity index (χ0n) is 9.25. The van der Waals surface area contributed by atoms with Crippen molar-refractivity contribution in [3.63, 3.8) is 0 Å². The van der Waals surface area contributed by atoms with Crippen molar-refractivity contribution >= 4 is 11.4 Å². The molecule has 0 aliphatic carbocycles. The molecule has 0 radical (unpaired) electrons. The van der Waals surface area contributed by atoms with E-state index in [0.717, 1.165) is 5.56 Å². The molecule has 1 heterocycles. The summed E-state index contributed by atoms with van der Waals surface area (Å²) in [7, 11) is 0. The van der Waals surface area contributed by atoms with E-state index in [1.54, 1.807) is 24.4 Å². The molecule has 2 N–H and O–H groups in total. The molecule has 2 aromatic rings. The molecule has 17 heavy (non-hydrogen) atoms. The fourth-order valence-electron chi connectivity index (χ4n) is 1.57. The summed E-state index contributed by atoms with van der Waals surface area (Å²) in [5.41, 5.74) is 8.62. The maximum atomic E-state index is 10.7. The van der Waals surface area contributed by atoms with Gasteiger partial charge in [-0.15, -0.1) is 0 Å². The van der Waals surface area contributed by atoms with Crippen molar-refractivity contribution in [2.45, 2.75) is 6.92 Å². The number of aryl methyl sites for hydroxylation is 1. The Morgan fingerprint density at radius 2 is 2.12 bits per heavy atom. The number of hydrogen-bond acceptors (Lipinski definition) is 4. The molecule has 1 aromatic heterocycles. The molecule has 0 saturated carbocycles. The van der Waals surface area contributed by atoms with Crippen LogP contribution >= 0.6 is 0 Å². The van der Waals surface area contributed by atoms with Crippen LogP contribution in [0, 0.1) is 17.0 Å². The molecule has 1 aromatic carbocycles. The SMILES string of the molecule is Cc1ccnc(-c2cccc([N+](=O)[O-])c2)c1N. The predicted molar refractivity (Wildman–Crippen MR) is 65.5 cm³/mol. The van der Waals surface area contributed by atoms with E-state index in [1.807, 2.05) is 6.92 Å². The van der Waals surface area contributed by atoms with Crippen molar-refractivity contribution in [1.82, 2.24) is 4.98 Å². The highest BCUT2D eigenvalue weighted by Crippen LogP contribution is 2.28. The van der Waals surface area contributed by atoms with Crippen LogP contribution in [0.4, 0.5) is 11.4 Å². The fraction of sp³-hybridized carbons (Fsp3) is 0.0833. The first-order chi connectivity index (χ1) is 8.09. The van der Waals surface area contributed by atoms with Crippen LogP contribution in [-0.2, 0) is 0 Å². The third kappa shape index (κ3) is 2.08. The molecule has 0 unspecified atom stereocenters. The molecule has 0 amide bonds. The Labute approximate surface area is 98.1 Å². The van der Waals surface area contributed by atoms with E-state index in [2.05, 4.69) is 4.98 Å². The normalized spacial score (nSPS) is 10.2. The highest BCUT2D eigenvalue weighted by molar-refractivity contribution is 5.75. The quantitative estimate of drug-likeness (QED) is 0.633. The van der Waals surface area contributed by atoms with E-state index in [1.165, 1.54) is 12.1 Å². The van der Waals surface area contributed by atoms with Gasteiger partial charge in [0.05, 0.1) is 16.3 Å². The molecule has 0 bridgehead atoms. The Kier molecular flexibility index (Phi) is 2.74. The lowest BCUT2D eigenvalue weighted by molar-refractivity contribution is -0.384. The summed E-state index contributed by atoms with van der Waals surface area (Å²) < 4.78 is 0. The first kappa shape index (κ1) is 11.1. The predicted octanol–water partition coefficient (Wildman–Crippen LogP) is 2.55. The Morgan fingerprint density at radius 3 is 2.82 bits per heavy atom. The smallest absolute Gasteiger partial charge is 0.270 e. The van der Waals surface area contributed by atoms with Crippen LogP contribution in [-0.4, -0.2) is 9.91 Å². The van der Waals surface area contributed by atoms with Gasteiger partial charge in [-0.2, -0.15) is 0 Å². The van der Waals surface area contributed by atoms with E-state index in [4.69, 9.17) is 5.73 Å². The standard InChI is InChI=1S/C12H11N3O2/c1-8-5-6-14-12(11(8)13)9-3-2-4-10(7-9)15(16)17/h2-7H,13H2,1H3. The van der Waals surface area contributed by atoms with Gasteiger partial charge >= 0.3 is 0 Å². The zero-order chi connectivity index (χ0) is 12.4. The van der Waals surface area contributed by atoms with Crippen molar-refractivity contribution in [2.24, 2.45) is 0 Å². The van der Waals surface area contributed by atoms with E-state index >= 15 is 0 Å². The molecule has 0 spiro atoms. The number of nitro groups is 1. The van der Waals surface area contributed by atoms with Crippen LogP contribution in [0.15, 0.2) is 36.5 Å². The molecule has 0 aliphatic rings. The van der Waals surface area contributed by atoms with Gasteiger partial charge in [0.1, 0.15) is 0 Å². The molecular weight excluding hydrogens is 218 g/mol. The van der Waals surface area contributed by atoms with Gasteiger partial charge in [-0.3, -0.25) is 15.1 Å². The van der Waals surface area contributed by atoms with Gasteiger partial charge in [0.15, 0.2) is 0 Å². The van der Waals surface area contributed by atoms with Gasteiger partial charge in [0, 0.05) is 23.9 Å². The third-order valence-electron chi connectivity index (χ3n) is 2.54. The van der Waals surface area contributed by atoms with Crippen molar-refractivity contribution in [3.05, 3.63) is 52.2 Å². The topological polar surface area (TPSA) is 82.0 Å². The van der Waals surface area contributed by atoms with Gasteiger partial charge in [0.25, 0.3) is 5.69 Å². The van der Waals surface area contributed by atoms with Crippen molar-refractivity contribution < 1.29 is 4.92 Å². The minimum atomic E-state index is -0.435. The number of pyridine rings is 1. The number of benzene rings is 1. The fourth-order valence-corrected chi connectivity index (χ4v) is 1.57. The van der Waals surface area contributed by atoms with Crippen LogP contribution in [0.5, 0.6) is 0 Å². The average molecular weight is 229 g/mol. The number of nitrogen functional groups attached to an aromatic ring is 1. The zero-order valence-corrected chi connectivity index (χ0v) is 9.25. The summed E-state index contributed by atoms with van der Waals surface area (Å²) in [5, 5.41) is 10.7. The first-order valence-electron chi connectivity index (χ1n) is 5.05. The van der Waals surface area contributed by atoms with Crippen LogP contribution in [0.25, 0.3) is 11.3 Å². The second-order valence-corrected chi connectivity index (χ2v) is 3.70. The minimum absolute atomic E-state index is 0.0326. The Balaban J connectivity index is 2.57. The Bertz CT molecular complexity index is 582. The van der Waals surface area contributed by atoms with Crippen LogP contribution in [0.3, 0.4) is 0 Å². The molecule has 0 saturated heterocycles. The van der Waals surface area contributed by atoms with Gasteiger partial charge < -0.3 is 5.73 Å². The number of nitrogens with zero attached hydrogens (tertiary/aromatic N) is 2. The molecule has 0 fully saturated rings. The summed E-state index contributed by atoms with van der Waals surface area (Å²) in [6.07, 6.45) is 1.64. The minimum Gasteiger partial charge on any atom is -0.397 e. The highest BCUT2D eigenvalue weighted by Gasteiger charge is 2.10. The van der Waals surface area contributed by atoms with Crippen molar-refractivity contribution in [3.8, 4) is 11.3 Å². The number of hydrogen-bond donors (Lipinski definition) is 1. The second kappa shape index (κ2) is 4.21. The molecule has 0 atom stereocenters. The number of anilines is 1. The summed E-state index contributed by atoms with van der Waals surface area (Å²) in [6.45, 7) is 1.87. The Morgan fingerprint density at radius 1 is 1.35 bits per heavy atom. The molecule has 2 rings (SSSR count). The monoisotopic (exact) mass is 229 g/mol. The Hall–Kier alpha value is -2.43. The lowest BCUT2D eigenvalue weighted by Crippen LogP contribution is -1.96. The van der Waals surface area contributed by atoms with Gasteiger partial charge in [0.2, 0.25) is 0 Å². The lowest BCUT2D eigenvalue weighted by Gasteiger charge is -2.06. The van der Waals surface area contributed by atoms with E-state index < -0.39 is 4.92 Å². The third-order valence-corrected chi connectivity index (χ3v) is 2.54. The molecule has 0 aliphatic heterocycles. The lowest BCUT2D eigenvalue weighted by atomic mass is 10.1. The van der Waals surface area contributed by atoms with E-state index in [9.17, 15) is 10.1 Å². The molecule has 86 valence electrons. The summed E-state index contributed by atoms with van der Waals surface area (Å²) in [4.78, 5) is 14.4. The number of nitro benzene ring substituents is 1. The molecule has 5 heteroatoms. The summed E-state index contributed by atoms with van der Waals surface area (Å²) >= 11 is 0. The first-order valence-corrected chi connectivity index (χ1v) is 5.05. The van der Waals surface area contributed by atoms with Crippen molar-refractivity contribution in [2.75, 3.05) is 5.73 Å². The molecular formula is C12H11N3O2. The highest BCUT2D eigenvalue weighted by atomic mass is 16.6. The van der Waals surface area contributed by atoms with E-state index in [-0.39, 0.29) is 5.69 Å². The van der Waals surface area contributed by atoms with Crippen LogP contribution in [0.2, 0.25) is 0 Å². The number of rotatable bonds is 2. The van der Waals surface area contributed by atoms with Gasteiger partial charge in [-0.1, -0.05) is 12.1 Å². The number of aromatic nitrogens is 1. The number of nitrogens with two attached hydrogens (primary N) is 1. The van der Waals surface area contributed by atoms with Gasteiger partial charge in [-0.25, -0.2) is 0 Å². The van der Waals surface area contributed by atoms with Crippen LogP contribution < -0.4 is 5.73 Å². The molecule has 5 nitrogen and oxygen atoms in total. The second-order valence-electron chi connectivity index (χ2n) is 3.70. The maximum absolute atomic E-state index is 10.7. The van der Waals surface area contributed by atoms with Crippen LogP contribution in [0.1, 0.15) is 5.56 Å².